The lowest BCUT2D eigenvalue weighted by atomic mass is 9.95. The normalized spacial score (nSPS) is 22.5. The minimum atomic E-state index is -0.998. The second kappa shape index (κ2) is 5.29. The molecule has 1 saturated heterocycles. The maximum absolute atomic E-state index is 13.1. The van der Waals surface area contributed by atoms with E-state index >= 15 is 0 Å². The third-order valence-electron chi connectivity index (χ3n) is 3.09. The average Bonchev–Trinajstić information content (AvgIpc) is 2.34. The molecule has 2 unspecified atom stereocenters. The van der Waals surface area contributed by atoms with Crippen LogP contribution in [-0.2, 0) is 0 Å². The summed E-state index contributed by atoms with van der Waals surface area (Å²) in [5.74, 6) is -1.98. The summed E-state index contributed by atoms with van der Waals surface area (Å²) in [5.41, 5.74) is 0.241. The molecule has 5 heteroatoms. The Hall–Kier alpha value is -0.710. The van der Waals surface area contributed by atoms with Crippen molar-refractivity contribution < 1.29 is 13.9 Å². The molecule has 0 radical (unpaired) electrons. The number of benzene rings is 1. The number of rotatable bonds is 2. The predicted octanol–water partition coefficient (Wildman–Crippen LogP) is 2.79. The molecule has 17 heavy (non-hydrogen) atoms. The summed E-state index contributed by atoms with van der Waals surface area (Å²) in [4.78, 5) is 0. The van der Waals surface area contributed by atoms with E-state index in [1.807, 2.05) is 0 Å². The zero-order valence-electron chi connectivity index (χ0n) is 9.22. The average molecular weight is 262 g/mol. The highest BCUT2D eigenvalue weighted by molar-refractivity contribution is 6.31. The van der Waals surface area contributed by atoms with Crippen LogP contribution < -0.4 is 5.32 Å². The van der Waals surface area contributed by atoms with Crippen LogP contribution in [0.4, 0.5) is 8.78 Å². The number of hydrogen-bond acceptors (Lipinski definition) is 2. The molecular formula is C12H14ClF2NO. The van der Waals surface area contributed by atoms with Gasteiger partial charge in [-0.2, -0.15) is 0 Å². The van der Waals surface area contributed by atoms with Gasteiger partial charge in [-0.15, -0.1) is 0 Å². The first kappa shape index (κ1) is 12.7. The minimum Gasteiger partial charge on any atom is -0.387 e. The standard InChI is InChI=1S/C12H14ClF2NO/c13-8-6-10(15)9(14)5-7(8)12(17)11-3-1-2-4-16-11/h5-6,11-12,16-17H,1-4H2. The Morgan fingerprint density at radius 1 is 1.29 bits per heavy atom. The maximum Gasteiger partial charge on any atom is 0.160 e. The van der Waals surface area contributed by atoms with Crippen molar-refractivity contribution in [3.63, 3.8) is 0 Å². The highest BCUT2D eigenvalue weighted by atomic mass is 35.5. The van der Waals surface area contributed by atoms with Crippen molar-refractivity contribution >= 4 is 11.6 Å². The van der Waals surface area contributed by atoms with Gasteiger partial charge in [-0.05, 0) is 31.5 Å². The molecule has 0 spiro atoms. The van der Waals surface area contributed by atoms with Gasteiger partial charge in [0.05, 0.1) is 6.10 Å². The van der Waals surface area contributed by atoms with Gasteiger partial charge >= 0.3 is 0 Å². The Bertz CT molecular complexity index is 408. The van der Waals surface area contributed by atoms with Gasteiger partial charge in [0.15, 0.2) is 11.6 Å². The molecule has 2 rings (SSSR count). The second-order valence-electron chi connectivity index (χ2n) is 4.29. The summed E-state index contributed by atoms with van der Waals surface area (Å²) in [6.07, 6.45) is 1.97. The van der Waals surface area contributed by atoms with Gasteiger partial charge in [0.25, 0.3) is 0 Å². The van der Waals surface area contributed by atoms with Crippen LogP contribution in [0.2, 0.25) is 5.02 Å². The largest absolute Gasteiger partial charge is 0.387 e. The predicted molar refractivity (Wildman–Crippen MR) is 62.0 cm³/mol. The SMILES string of the molecule is OC(c1cc(F)c(F)cc1Cl)C1CCCCN1. The third-order valence-corrected chi connectivity index (χ3v) is 3.42. The van der Waals surface area contributed by atoms with Gasteiger partial charge in [0, 0.05) is 16.6 Å². The lowest BCUT2D eigenvalue weighted by Gasteiger charge is -2.28. The highest BCUT2D eigenvalue weighted by Gasteiger charge is 2.25. The molecule has 1 aliphatic heterocycles. The monoisotopic (exact) mass is 261 g/mol. The summed E-state index contributed by atoms with van der Waals surface area (Å²) < 4.78 is 26.0. The van der Waals surface area contributed by atoms with E-state index in [2.05, 4.69) is 5.32 Å². The van der Waals surface area contributed by atoms with Crippen LogP contribution in [0.15, 0.2) is 12.1 Å². The number of aliphatic hydroxyl groups is 1. The van der Waals surface area contributed by atoms with E-state index in [1.54, 1.807) is 0 Å². The molecule has 0 saturated carbocycles. The van der Waals surface area contributed by atoms with Crippen LogP contribution in [0.5, 0.6) is 0 Å². The van der Waals surface area contributed by atoms with Gasteiger partial charge in [-0.25, -0.2) is 8.78 Å². The van der Waals surface area contributed by atoms with Crippen LogP contribution in [0, 0.1) is 11.6 Å². The van der Waals surface area contributed by atoms with E-state index < -0.39 is 17.7 Å². The van der Waals surface area contributed by atoms with E-state index in [0.29, 0.717) is 0 Å². The van der Waals surface area contributed by atoms with Crippen LogP contribution >= 0.6 is 11.6 Å². The Morgan fingerprint density at radius 3 is 2.65 bits per heavy atom. The molecule has 2 nitrogen and oxygen atoms in total. The van der Waals surface area contributed by atoms with E-state index in [0.717, 1.165) is 37.9 Å². The lowest BCUT2D eigenvalue weighted by Crippen LogP contribution is -2.38. The first-order chi connectivity index (χ1) is 8.09. The number of hydrogen-bond donors (Lipinski definition) is 2. The van der Waals surface area contributed by atoms with Crippen LogP contribution in [0.1, 0.15) is 30.9 Å². The fraction of sp³-hybridized carbons (Fsp3) is 0.500. The molecule has 0 amide bonds. The molecule has 2 N–H and O–H groups in total. The molecule has 2 atom stereocenters. The topological polar surface area (TPSA) is 32.3 Å². The molecule has 1 aromatic carbocycles. The second-order valence-corrected chi connectivity index (χ2v) is 4.70. The molecule has 1 heterocycles. The summed E-state index contributed by atoms with van der Waals surface area (Å²) in [7, 11) is 0. The number of nitrogens with one attached hydrogen (secondary N) is 1. The summed E-state index contributed by atoms with van der Waals surface area (Å²) in [6, 6.07) is 1.72. The van der Waals surface area contributed by atoms with Gasteiger partial charge in [-0.3, -0.25) is 0 Å². The van der Waals surface area contributed by atoms with Gasteiger partial charge in [0.1, 0.15) is 0 Å². The van der Waals surface area contributed by atoms with E-state index in [-0.39, 0.29) is 16.6 Å². The van der Waals surface area contributed by atoms with Crippen molar-refractivity contribution in [1.29, 1.82) is 0 Å². The Balaban J connectivity index is 2.23. The van der Waals surface area contributed by atoms with E-state index in [1.165, 1.54) is 0 Å². The quantitative estimate of drug-likeness (QED) is 0.803. The maximum atomic E-state index is 13.1. The van der Waals surface area contributed by atoms with Gasteiger partial charge < -0.3 is 10.4 Å². The summed E-state index contributed by atoms with van der Waals surface area (Å²) in [5, 5.41) is 13.3. The Morgan fingerprint density at radius 2 is 2.00 bits per heavy atom. The van der Waals surface area contributed by atoms with Crippen LogP contribution in [0.25, 0.3) is 0 Å². The van der Waals surface area contributed by atoms with Crippen molar-refractivity contribution in [2.45, 2.75) is 31.4 Å². The lowest BCUT2D eigenvalue weighted by molar-refractivity contribution is 0.113. The number of halogens is 3. The summed E-state index contributed by atoms with van der Waals surface area (Å²) >= 11 is 5.82. The molecule has 1 aliphatic rings. The Kier molecular flexibility index (Phi) is 3.97. The smallest absolute Gasteiger partial charge is 0.160 e. The number of aliphatic hydroxyl groups excluding tert-OH is 1. The van der Waals surface area contributed by atoms with Crippen molar-refractivity contribution in [2.24, 2.45) is 0 Å². The van der Waals surface area contributed by atoms with Crippen molar-refractivity contribution in [2.75, 3.05) is 6.54 Å². The first-order valence-electron chi connectivity index (χ1n) is 5.65. The third kappa shape index (κ3) is 2.76. The zero-order chi connectivity index (χ0) is 12.4. The molecule has 1 fully saturated rings. The van der Waals surface area contributed by atoms with Crippen LogP contribution in [-0.4, -0.2) is 17.7 Å². The van der Waals surface area contributed by atoms with E-state index in [9.17, 15) is 13.9 Å². The fourth-order valence-electron chi connectivity index (χ4n) is 2.13. The highest BCUT2D eigenvalue weighted by Crippen LogP contribution is 2.30. The molecule has 94 valence electrons. The molecule has 0 aliphatic carbocycles. The fourth-order valence-corrected chi connectivity index (χ4v) is 2.39. The first-order valence-corrected chi connectivity index (χ1v) is 6.03. The molecule has 1 aromatic rings. The molecule has 0 aromatic heterocycles. The van der Waals surface area contributed by atoms with Crippen molar-refractivity contribution in [3.05, 3.63) is 34.4 Å². The molecule has 0 bridgehead atoms. The van der Waals surface area contributed by atoms with E-state index in [4.69, 9.17) is 11.6 Å². The minimum absolute atomic E-state index is 0.0590. The molecular weight excluding hydrogens is 248 g/mol. The van der Waals surface area contributed by atoms with Crippen molar-refractivity contribution in [3.8, 4) is 0 Å². The summed E-state index contributed by atoms with van der Waals surface area (Å²) in [6.45, 7) is 0.822. The zero-order valence-corrected chi connectivity index (χ0v) is 9.97. The Labute approximate surface area is 104 Å². The van der Waals surface area contributed by atoms with Gasteiger partial charge in [0.2, 0.25) is 0 Å². The van der Waals surface area contributed by atoms with Gasteiger partial charge in [-0.1, -0.05) is 18.0 Å². The van der Waals surface area contributed by atoms with Crippen LogP contribution in [0.3, 0.4) is 0 Å². The van der Waals surface area contributed by atoms with Crippen molar-refractivity contribution in [1.82, 2.24) is 5.32 Å². The number of piperidine rings is 1.